The molecule has 2 aliphatic rings. The van der Waals surface area contributed by atoms with Gasteiger partial charge < -0.3 is 4.74 Å². The number of carbonyl (C=O) groups is 1. The SMILES string of the molecule is C[C@@H]1CN(CC2CC(C(C)(C)C)CCC2=O)C[C@H](C)O1. The van der Waals surface area contributed by atoms with Crippen molar-refractivity contribution in [2.24, 2.45) is 17.3 Å². The molecular formula is C17H31NO2. The fourth-order valence-electron chi connectivity index (χ4n) is 3.82. The molecule has 0 N–H and O–H groups in total. The fourth-order valence-corrected chi connectivity index (χ4v) is 3.82. The predicted molar refractivity (Wildman–Crippen MR) is 81.7 cm³/mol. The molecular weight excluding hydrogens is 250 g/mol. The lowest BCUT2D eigenvalue weighted by Crippen LogP contribution is -2.49. The Morgan fingerprint density at radius 3 is 2.35 bits per heavy atom. The summed E-state index contributed by atoms with van der Waals surface area (Å²) in [6, 6.07) is 0. The molecule has 0 amide bonds. The average molecular weight is 281 g/mol. The molecule has 4 atom stereocenters. The van der Waals surface area contributed by atoms with Crippen LogP contribution in [0.5, 0.6) is 0 Å². The van der Waals surface area contributed by atoms with Crippen LogP contribution in [0.2, 0.25) is 0 Å². The maximum atomic E-state index is 12.2. The van der Waals surface area contributed by atoms with Crippen LogP contribution in [-0.2, 0) is 9.53 Å². The second kappa shape index (κ2) is 6.15. The number of Topliss-reactive ketones (excluding diaryl/α,β-unsaturated/α-hetero) is 1. The predicted octanol–water partition coefficient (Wildman–Crippen LogP) is 3.13. The number of rotatable bonds is 2. The first-order valence-corrected chi connectivity index (χ1v) is 8.16. The van der Waals surface area contributed by atoms with Gasteiger partial charge in [-0.15, -0.1) is 0 Å². The van der Waals surface area contributed by atoms with Crippen molar-refractivity contribution in [2.75, 3.05) is 19.6 Å². The first-order valence-electron chi connectivity index (χ1n) is 8.16. The molecule has 1 heterocycles. The number of nitrogens with zero attached hydrogens (tertiary/aromatic N) is 1. The summed E-state index contributed by atoms with van der Waals surface area (Å²) in [6.45, 7) is 14.1. The van der Waals surface area contributed by atoms with E-state index in [0.29, 0.717) is 17.1 Å². The van der Waals surface area contributed by atoms with E-state index in [4.69, 9.17) is 4.74 Å². The smallest absolute Gasteiger partial charge is 0.137 e. The Labute approximate surface area is 124 Å². The second-order valence-electron chi connectivity index (χ2n) is 7.98. The second-order valence-corrected chi connectivity index (χ2v) is 7.98. The van der Waals surface area contributed by atoms with Crippen molar-refractivity contribution >= 4 is 5.78 Å². The van der Waals surface area contributed by atoms with Crippen molar-refractivity contribution in [2.45, 2.75) is 66.1 Å². The molecule has 0 aromatic rings. The lowest BCUT2D eigenvalue weighted by molar-refractivity contribution is -0.129. The van der Waals surface area contributed by atoms with E-state index < -0.39 is 0 Å². The standard InChI is InChI=1S/C17H31NO2/c1-12-9-18(10-13(2)20-12)11-14-8-15(17(3,4)5)6-7-16(14)19/h12-15H,6-11H2,1-5H3/t12-,13+,14?,15?. The molecule has 0 radical (unpaired) electrons. The van der Waals surface area contributed by atoms with E-state index >= 15 is 0 Å². The summed E-state index contributed by atoms with van der Waals surface area (Å²) in [5.74, 6) is 1.41. The van der Waals surface area contributed by atoms with E-state index in [1.54, 1.807) is 0 Å². The van der Waals surface area contributed by atoms with Gasteiger partial charge in [0.2, 0.25) is 0 Å². The molecule has 0 aromatic carbocycles. The number of ketones is 1. The minimum atomic E-state index is 0.241. The lowest BCUT2D eigenvalue weighted by atomic mass is 9.68. The highest BCUT2D eigenvalue weighted by Gasteiger charge is 2.36. The molecule has 2 fully saturated rings. The number of hydrogen-bond donors (Lipinski definition) is 0. The minimum Gasteiger partial charge on any atom is -0.373 e. The third kappa shape index (κ3) is 4.05. The Hall–Kier alpha value is -0.410. The zero-order chi connectivity index (χ0) is 14.9. The highest BCUT2D eigenvalue weighted by molar-refractivity contribution is 5.82. The van der Waals surface area contributed by atoms with Gasteiger partial charge in [0, 0.05) is 32.0 Å². The third-order valence-corrected chi connectivity index (χ3v) is 4.96. The molecule has 0 aromatic heterocycles. The summed E-state index contributed by atoms with van der Waals surface area (Å²) in [5.41, 5.74) is 0.324. The minimum absolute atomic E-state index is 0.241. The van der Waals surface area contributed by atoms with Gasteiger partial charge in [-0.3, -0.25) is 9.69 Å². The van der Waals surface area contributed by atoms with E-state index in [1.165, 1.54) is 0 Å². The molecule has 3 nitrogen and oxygen atoms in total. The average Bonchev–Trinajstić information content (AvgIpc) is 2.29. The molecule has 116 valence electrons. The van der Waals surface area contributed by atoms with Crippen LogP contribution >= 0.6 is 0 Å². The zero-order valence-electron chi connectivity index (χ0n) is 13.8. The molecule has 1 saturated heterocycles. The summed E-state index contributed by atoms with van der Waals surface area (Å²) in [6.07, 6.45) is 3.51. The highest BCUT2D eigenvalue weighted by atomic mass is 16.5. The molecule has 3 heteroatoms. The maximum Gasteiger partial charge on any atom is 0.137 e. The molecule has 20 heavy (non-hydrogen) atoms. The normalized spacial score (nSPS) is 37.1. The lowest BCUT2D eigenvalue weighted by Gasteiger charge is -2.41. The van der Waals surface area contributed by atoms with Crippen LogP contribution in [-0.4, -0.2) is 42.5 Å². The molecule has 0 spiro atoms. The van der Waals surface area contributed by atoms with Gasteiger partial charge >= 0.3 is 0 Å². The monoisotopic (exact) mass is 281 g/mol. The van der Waals surface area contributed by atoms with Crippen molar-refractivity contribution in [3.8, 4) is 0 Å². The summed E-state index contributed by atoms with van der Waals surface area (Å²) in [5, 5.41) is 0. The first-order chi connectivity index (χ1) is 9.25. The number of carbonyl (C=O) groups excluding carboxylic acids is 1. The van der Waals surface area contributed by atoms with E-state index in [0.717, 1.165) is 38.9 Å². The van der Waals surface area contributed by atoms with E-state index in [1.807, 2.05) is 0 Å². The summed E-state index contributed by atoms with van der Waals surface area (Å²) < 4.78 is 5.78. The summed E-state index contributed by atoms with van der Waals surface area (Å²) >= 11 is 0. The van der Waals surface area contributed by atoms with Gasteiger partial charge in [-0.05, 0) is 38.0 Å². The van der Waals surface area contributed by atoms with Crippen LogP contribution < -0.4 is 0 Å². The molecule has 0 bridgehead atoms. The van der Waals surface area contributed by atoms with Gasteiger partial charge in [-0.25, -0.2) is 0 Å². The Bertz CT molecular complexity index is 337. The van der Waals surface area contributed by atoms with Crippen LogP contribution in [0.15, 0.2) is 0 Å². The Morgan fingerprint density at radius 2 is 1.80 bits per heavy atom. The fraction of sp³-hybridized carbons (Fsp3) is 0.941. The van der Waals surface area contributed by atoms with E-state index in [9.17, 15) is 4.79 Å². The van der Waals surface area contributed by atoms with Crippen LogP contribution in [0.4, 0.5) is 0 Å². The number of morpholine rings is 1. The molecule has 2 rings (SSSR count). The molecule has 1 aliphatic heterocycles. The molecule has 1 aliphatic carbocycles. The number of ether oxygens (including phenoxy) is 1. The van der Waals surface area contributed by atoms with E-state index in [-0.39, 0.29) is 18.1 Å². The Kier molecular flexibility index (Phi) is 4.91. The van der Waals surface area contributed by atoms with Gasteiger partial charge in [0.05, 0.1) is 12.2 Å². The highest BCUT2D eigenvalue weighted by Crippen LogP contribution is 2.39. The van der Waals surface area contributed by atoms with Gasteiger partial charge in [0.15, 0.2) is 0 Å². The van der Waals surface area contributed by atoms with Gasteiger partial charge in [-0.2, -0.15) is 0 Å². The van der Waals surface area contributed by atoms with Gasteiger partial charge in [0.25, 0.3) is 0 Å². The summed E-state index contributed by atoms with van der Waals surface area (Å²) in [4.78, 5) is 14.7. The van der Waals surface area contributed by atoms with Crippen LogP contribution in [0.3, 0.4) is 0 Å². The van der Waals surface area contributed by atoms with Crippen LogP contribution in [0.25, 0.3) is 0 Å². The van der Waals surface area contributed by atoms with Crippen LogP contribution in [0, 0.1) is 17.3 Å². The number of hydrogen-bond acceptors (Lipinski definition) is 3. The quantitative estimate of drug-likeness (QED) is 0.779. The van der Waals surface area contributed by atoms with Crippen molar-refractivity contribution in [3.63, 3.8) is 0 Å². The maximum absolute atomic E-state index is 12.2. The molecule has 2 unspecified atom stereocenters. The third-order valence-electron chi connectivity index (χ3n) is 4.96. The van der Waals surface area contributed by atoms with E-state index in [2.05, 4.69) is 39.5 Å². The topological polar surface area (TPSA) is 29.5 Å². The van der Waals surface area contributed by atoms with Crippen molar-refractivity contribution in [3.05, 3.63) is 0 Å². The summed E-state index contributed by atoms with van der Waals surface area (Å²) in [7, 11) is 0. The first kappa shape index (κ1) is 16.0. The Morgan fingerprint density at radius 1 is 1.20 bits per heavy atom. The largest absolute Gasteiger partial charge is 0.373 e. The van der Waals surface area contributed by atoms with Gasteiger partial charge in [0.1, 0.15) is 5.78 Å². The van der Waals surface area contributed by atoms with Crippen molar-refractivity contribution in [1.29, 1.82) is 0 Å². The molecule has 1 saturated carbocycles. The Balaban J connectivity index is 1.94. The van der Waals surface area contributed by atoms with Crippen LogP contribution in [0.1, 0.15) is 53.9 Å². The van der Waals surface area contributed by atoms with Crippen molar-refractivity contribution < 1.29 is 9.53 Å². The van der Waals surface area contributed by atoms with Gasteiger partial charge in [-0.1, -0.05) is 20.8 Å². The van der Waals surface area contributed by atoms with Crippen molar-refractivity contribution in [1.82, 2.24) is 4.90 Å². The zero-order valence-corrected chi connectivity index (χ0v) is 13.8.